The summed E-state index contributed by atoms with van der Waals surface area (Å²) in [6, 6.07) is 5.72. The lowest BCUT2D eigenvalue weighted by molar-refractivity contribution is 0.337. The number of rotatable bonds is 6. The summed E-state index contributed by atoms with van der Waals surface area (Å²) < 4.78 is 9.21. The number of fused-ring (bicyclic) bond motifs is 1. The molecule has 0 unspecified atom stereocenters. The van der Waals surface area contributed by atoms with Crippen LogP contribution < -0.4 is 5.56 Å². The quantitative estimate of drug-likeness (QED) is 0.410. The standard InChI is InChI=1S/C20H22N6O2S2/c1-2-16-24-26-17(27)11-13(21-19(26)30-16)12-29-20-23-22-18(15-9-6-10-28-15)25(20)14-7-4-3-5-8-14/h6,9-11,14H,2-5,7-8,12H2,1H3. The average Bonchev–Trinajstić information content (AvgIpc) is 3.51. The fourth-order valence-electron chi connectivity index (χ4n) is 3.87. The Morgan fingerprint density at radius 2 is 2.13 bits per heavy atom. The van der Waals surface area contributed by atoms with E-state index in [1.165, 1.54) is 35.1 Å². The molecule has 1 aliphatic rings. The van der Waals surface area contributed by atoms with Gasteiger partial charge in [-0.2, -0.15) is 9.61 Å². The lowest BCUT2D eigenvalue weighted by Crippen LogP contribution is -2.16. The molecular weight excluding hydrogens is 420 g/mol. The Morgan fingerprint density at radius 1 is 1.27 bits per heavy atom. The van der Waals surface area contributed by atoms with E-state index < -0.39 is 0 Å². The number of hydrogen-bond acceptors (Lipinski definition) is 8. The van der Waals surface area contributed by atoms with Crippen LogP contribution in [0.15, 0.2) is 38.8 Å². The number of aromatic nitrogens is 6. The Hall–Kier alpha value is -2.46. The molecule has 30 heavy (non-hydrogen) atoms. The van der Waals surface area contributed by atoms with E-state index in [-0.39, 0.29) is 5.56 Å². The van der Waals surface area contributed by atoms with E-state index in [1.807, 2.05) is 19.1 Å². The van der Waals surface area contributed by atoms with Gasteiger partial charge in [0.05, 0.1) is 12.0 Å². The molecule has 0 spiro atoms. The maximum absolute atomic E-state index is 12.4. The van der Waals surface area contributed by atoms with Gasteiger partial charge in [-0.3, -0.25) is 9.36 Å². The van der Waals surface area contributed by atoms with Crippen molar-refractivity contribution < 1.29 is 4.42 Å². The number of thioether (sulfide) groups is 1. The van der Waals surface area contributed by atoms with Crippen LogP contribution in [-0.4, -0.2) is 29.4 Å². The van der Waals surface area contributed by atoms with Crippen molar-refractivity contribution in [3.63, 3.8) is 0 Å². The Kier molecular flexibility index (Phi) is 5.43. The fraction of sp³-hybridized carbons (Fsp3) is 0.450. The molecule has 8 nitrogen and oxygen atoms in total. The summed E-state index contributed by atoms with van der Waals surface area (Å²) in [5.41, 5.74) is 0.589. The van der Waals surface area contributed by atoms with Gasteiger partial charge >= 0.3 is 0 Å². The lowest BCUT2D eigenvalue weighted by Gasteiger charge is -2.25. The smallest absolute Gasteiger partial charge is 0.275 e. The minimum absolute atomic E-state index is 0.142. The van der Waals surface area contributed by atoms with Crippen molar-refractivity contribution in [1.29, 1.82) is 0 Å². The lowest BCUT2D eigenvalue weighted by atomic mass is 9.95. The summed E-state index contributed by atoms with van der Waals surface area (Å²) in [5.74, 6) is 2.05. The van der Waals surface area contributed by atoms with Crippen LogP contribution in [0.1, 0.15) is 55.8 Å². The van der Waals surface area contributed by atoms with Crippen LogP contribution in [0.25, 0.3) is 16.5 Å². The molecule has 10 heteroatoms. The monoisotopic (exact) mass is 442 g/mol. The fourth-order valence-corrected chi connectivity index (χ4v) is 5.62. The molecule has 4 heterocycles. The highest BCUT2D eigenvalue weighted by atomic mass is 32.2. The zero-order chi connectivity index (χ0) is 20.5. The van der Waals surface area contributed by atoms with Gasteiger partial charge in [-0.25, -0.2) is 4.98 Å². The molecule has 0 N–H and O–H groups in total. The number of hydrogen-bond donors (Lipinski definition) is 0. The molecule has 1 aliphatic carbocycles. The Bertz CT molecular complexity index is 1200. The summed E-state index contributed by atoms with van der Waals surface area (Å²) in [5, 5.41) is 15.0. The van der Waals surface area contributed by atoms with Crippen molar-refractivity contribution in [2.24, 2.45) is 0 Å². The first kappa shape index (κ1) is 19.5. The molecule has 0 saturated heterocycles. The van der Waals surface area contributed by atoms with Crippen LogP contribution in [0.2, 0.25) is 0 Å². The topological polar surface area (TPSA) is 91.1 Å². The predicted molar refractivity (Wildman–Crippen MR) is 116 cm³/mol. The predicted octanol–water partition coefficient (Wildman–Crippen LogP) is 4.36. The summed E-state index contributed by atoms with van der Waals surface area (Å²) in [4.78, 5) is 17.7. The Labute approximate surface area is 181 Å². The molecule has 4 aromatic heterocycles. The number of aryl methyl sites for hydroxylation is 1. The molecule has 1 fully saturated rings. The largest absolute Gasteiger partial charge is 0.461 e. The van der Waals surface area contributed by atoms with E-state index in [0.717, 1.165) is 46.7 Å². The highest BCUT2D eigenvalue weighted by molar-refractivity contribution is 7.98. The van der Waals surface area contributed by atoms with Crippen molar-refractivity contribution >= 4 is 28.1 Å². The normalized spacial score (nSPS) is 15.2. The Balaban J connectivity index is 1.45. The molecule has 1 saturated carbocycles. The van der Waals surface area contributed by atoms with Crippen molar-refractivity contribution in [3.05, 3.63) is 45.5 Å². The van der Waals surface area contributed by atoms with E-state index in [2.05, 4.69) is 24.8 Å². The maximum Gasteiger partial charge on any atom is 0.275 e. The second-order valence-electron chi connectivity index (χ2n) is 7.36. The van der Waals surface area contributed by atoms with Crippen LogP contribution >= 0.6 is 23.1 Å². The van der Waals surface area contributed by atoms with E-state index in [1.54, 1.807) is 24.1 Å². The van der Waals surface area contributed by atoms with Gasteiger partial charge in [0.1, 0.15) is 5.01 Å². The summed E-state index contributed by atoms with van der Waals surface area (Å²) in [6.07, 6.45) is 8.39. The number of nitrogens with zero attached hydrogens (tertiary/aromatic N) is 6. The van der Waals surface area contributed by atoms with Crippen LogP contribution in [0.5, 0.6) is 0 Å². The highest BCUT2D eigenvalue weighted by Crippen LogP contribution is 2.36. The van der Waals surface area contributed by atoms with Gasteiger partial charge in [-0.05, 0) is 31.4 Å². The SMILES string of the molecule is CCc1nn2c(=O)cc(CSc3nnc(-c4ccco4)n3C3CCCCC3)nc2s1. The van der Waals surface area contributed by atoms with Crippen LogP contribution in [0.3, 0.4) is 0 Å². The molecule has 0 aromatic carbocycles. The minimum Gasteiger partial charge on any atom is -0.461 e. The van der Waals surface area contributed by atoms with Gasteiger partial charge in [0.2, 0.25) is 10.8 Å². The molecule has 0 radical (unpaired) electrons. The van der Waals surface area contributed by atoms with Gasteiger partial charge in [-0.15, -0.1) is 10.2 Å². The second-order valence-corrected chi connectivity index (χ2v) is 9.35. The van der Waals surface area contributed by atoms with E-state index >= 15 is 0 Å². The molecule has 0 atom stereocenters. The molecule has 0 bridgehead atoms. The number of furan rings is 1. The zero-order valence-corrected chi connectivity index (χ0v) is 18.3. The third kappa shape index (κ3) is 3.69. The van der Waals surface area contributed by atoms with Crippen molar-refractivity contribution in [1.82, 2.24) is 29.4 Å². The molecule has 5 rings (SSSR count). The first-order valence-corrected chi connectivity index (χ1v) is 12.0. The highest BCUT2D eigenvalue weighted by Gasteiger charge is 2.25. The Morgan fingerprint density at radius 3 is 2.90 bits per heavy atom. The van der Waals surface area contributed by atoms with E-state index in [9.17, 15) is 4.79 Å². The summed E-state index contributed by atoms with van der Waals surface area (Å²) in [7, 11) is 0. The van der Waals surface area contributed by atoms with Crippen molar-refractivity contribution in [2.75, 3.05) is 0 Å². The molecule has 0 aliphatic heterocycles. The third-order valence-electron chi connectivity index (χ3n) is 5.34. The molecule has 156 valence electrons. The van der Waals surface area contributed by atoms with E-state index in [0.29, 0.717) is 16.8 Å². The zero-order valence-electron chi connectivity index (χ0n) is 16.7. The van der Waals surface area contributed by atoms with E-state index in [4.69, 9.17) is 4.42 Å². The first-order chi connectivity index (χ1) is 14.7. The van der Waals surface area contributed by atoms with Gasteiger partial charge in [0.15, 0.2) is 10.9 Å². The molecule has 0 amide bonds. The van der Waals surface area contributed by atoms with Crippen LogP contribution in [0, 0.1) is 0 Å². The van der Waals surface area contributed by atoms with Crippen molar-refractivity contribution in [2.45, 2.75) is 62.4 Å². The van der Waals surface area contributed by atoms with Gasteiger partial charge in [0, 0.05) is 17.9 Å². The minimum atomic E-state index is -0.142. The molecule has 4 aromatic rings. The van der Waals surface area contributed by atoms with Crippen molar-refractivity contribution in [3.8, 4) is 11.6 Å². The van der Waals surface area contributed by atoms with Crippen LogP contribution in [-0.2, 0) is 12.2 Å². The summed E-state index contributed by atoms with van der Waals surface area (Å²) in [6.45, 7) is 2.02. The van der Waals surface area contributed by atoms with Crippen LogP contribution in [0.4, 0.5) is 0 Å². The van der Waals surface area contributed by atoms with Gasteiger partial charge in [-0.1, -0.05) is 49.3 Å². The second kappa shape index (κ2) is 8.35. The summed E-state index contributed by atoms with van der Waals surface area (Å²) >= 11 is 3.02. The average molecular weight is 443 g/mol. The third-order valence-corrected chi connectivity index (χ3v) is 7.37. The van der Waals surface area contributed by atoms with Gasteiger partial charge < -0.3 is 4.42 Å². The molecular formula is C20H22N6O2S2. The maximum atomic E-state index is 12.4. The first-order valence-electron chi connectivity index (χ1n) is 10.2. The van der Waals surface area contributed by atoms with Gasteiger partial charge in [0.25, 0.3) is 5.56 Å².